The molecule has 1 fully saturated rings. The van der Waals surface area contributed by atoms with Gasteiger partial charge in [-0.25, -0.2) is 0 Å². The van der Waals surface area contributed by atoms with E-state index in [4.69, 9.17) is 14.6 Å². The molecule has 0 spiro atoms. The Morgan fingerprint density at radius 3 is 2.69 bits per heavy atom. The van der Waals surface area contributed by atoms with Crippen molar-refractivity contribution < 1.29 is 24.5 Å². The number of aliphatic hydroxyl groups is 2. The number of hydrogen-bond acceptors (Lipinski definition) is 5. The summed E-state index contributed by atoms with van der Waals surface area (Å²) < 4.78 is 9.74. The summed E-state index contributed by atoms with van der Waals surface area (Å²) in [5.74, 6) is -0.467. The van der Waals surface area contributed by atoms with Crippen molar-refractivity contribution in [3.05, 3.63) is 0 Å². The van der Waals surface area contributed by atoms with Crippen LogP contribution in [0.3, 0.4) is 0 Å². The molecule has 5 nitrogen and oxygen atoms in total. The van der Waals surface area contributed by atoms with E-state index in [0.29, 0.717) is 6.42 Å². The molecule has 0 aromatic heterocycles. The lowest BCUT2D eigenvalue weighted by Gasteiger charge is -2.34. The van der Waals surface area contributed by atoms with Crippen LogP contribution < -0.4 is 0 Å². The van der Waals surface area contributed by atoms with E-state index < -0.39 is 24.5 Å². The molecule has 1 heterocycles. The summed E-state index contributed by atoms with van der Waals surface area (Å²) >= 11 is 0. The van der Waals surface area contributed by atoms with Crippen LogP contribution in [0.25, 0.3) is 0 Å². The van der Waals surface area contributed by atoms with Crippen molar-refractivity contribution in [2.24, 2.45) is 0 Å². The molecule has 0 radical (unpaired) electrons. The van der Waals surface area contributed by atoms with Crippen molar-refractivity contribution >= 4 is 5.97 Å². The van der Waals surface area contributed by atoms with E-state index in [1.165, 1.54) is 6.92 Å². The van der Waals surface area contributed by atoms with Crippen LogP contribution in [0.4, 0.5) is 0 Å². The SMILES string of the molecule is CC(=O)O[C@@H]1C[C@@H](C)O[C@@H](O)[C@H]1O. The molecule has 13 heavy (non-hydrogen) atoms. The van der Waals surface area contributed by atoms with Gasteiger partial charge in [0.1, 0.15) is 12.2 Å². The predicted octanol–water partition coefficient (Wildman–Crippen LogP) is -0.594. The maximum atomic E-state index is 10.6. The first kappa shape index (κ1) is 10.4. The predicted molar refractivity (Wildman–Crippen MR) is 42.7 cm³/mol. The summed E-state index contributed by atoms with van der Waals surface area (Å²) in [5.41, 5.74) is 0. The fraction of sp³-hybridized carbons (Fsp3) is 0.875. The molecule has 0 unspecified atom stereocenters. The summed E-state index contributed by atoms with van der Waals surface area (Å²) in [6, 6.07) is 0. The van der Waals surface area contributed by atoms with Gasteiger partial charge in [-0.2, -0.15) is 0 Å². The zero-order valence-electron chi connectivity index (χ0n) is 7.64. The van der Waals surface area contributed by atoms with E-state index in [2.05, 4.69) is 0 Å². The van der Waals surface area contributed by atoms with Crippen LogP contribution in [0.15, 0.2) is 0 Å². The molecule has 0 bridgehead atoms. The van der Waals surface area contributed by atoms with Crippen LogP contribution >= 0.6 is 0 Å². The Labute approximate surface area is 76.3 Å². The molecule has 0 aromatic carbocycles. The highest BCUT2D eigenvalue weighted by Gasteiger charge is 2.36. The number of hydrogen-bond donors (Lipinski definition) is 2. The lowest BCUT2D eigenvalue weighted by atomic mass is 10.0. The van der Waals surface area contributed by atoms with Crippen molar-refractivity contribution in [1.82, 2.24) is 0 Å². The average Bonchev–Trinajstić information content (AvgIpc) is 1.98. The van der Waals surface area contributed by atoms with E-state index in [0.717, 1.165) is 0 Å². The molecule has 5 heteroatoms. The Morgan fingerprint density at radius 1 is 1.54 bits per heavy atom. The maximum Gasteiger partial charge on any atom is 0.302 e. The van der Waals surface area contributed by atoms with Crippen molar-refractivity contribution in [1.29, 1.82) is 0 Å². The van der Waals surface area contributed by atoms with Gasteiger partial charge in [-0.05, 0) is 6.92 Å². The molecule has 0 saturated carbocycles. The molecular weight excluding hydrogens is 176 g/mol. The summed E-state index contributed by atoms with van der Waals surface area (Å²) in [5, 5.41) is 18.5. The van der Waals surface area contributed by atoms with Crippen LogP contribution in [0.1, 0.15) is 20.3 Å². The highest BCUT2D eigenvalue weighted by Crippen LogP contribution is 2.21. The number of rotatable bonds is 1. The van der Waals surface area contributed by atoms with Crippen LogP contribution in [0, 0.1) is 0 Å². The molecule has 0 amide bonds. The molecule has 1 saturated heterocycles. The Hall–Kier alpha value is -0.650. The van der Waals surface area contributed by atoms with Crippen LogP contribution in [-0.4, -0.2) is 40.8 Å². The monoisotopic (exact) mass is 190 g/mol. The number of carbonyl (C=O) groups is 1. The minimum atomic E-state index is -1.27. The number of aliphatic hydroxyl groups excluding tert-OH is 2. The second-order valence-corrected chi connectivity index (χ2v) is 3.21. The molecule has 76 valence electrons. The fourth-order valence-electron chi connectivity index (χ4n) is 1.36. The highest BCUT2D eigenvalue weighted by molar-refractivity contribution is 5.66. The summed E-state index contributed by atoms with van der Waals surface area (Å²) in [4.78, 5) is 10.6. The molecule has 4 atom stereocenters. The smallest absolute Gasteiger partial charge is 0.302 e. The molecular formula is C8H14O5. The standard InChI is InChI=1S/C8H14O5/c1-4-3-6(13-5(2)9)7(10)8(11)12-4/h4,6-8,10-11H,3H2,1-2H3/t4-,6-,7+,8-/m1/s1. The largest absolute Gasteiger partial charge is 0.459 e. The van der Waals surface area contributed by atoms with Crippen molar-refractivity contribution in [2.45, 2.75) is 44.9 Å². The Kier molecular flexibility index (Phi) is 3.24. The van der Waals surface area contributed by atoms with Crippen molar-refractivity contribution in [2.75, 3.05) is 0 Å². The van der Waals surface area contributed by atoms with Gasteiger partial charge in [0.25, 0.3) is 0 Å². The number of carbonyl (C=O) groups excluding carboxylic acids is 1. The van der Waals surface area contributed by atoms with E-state index >= 15 is 0 Å². The van der Waals surface area contributed by atoms with E-state index in [1.807, 2.05) is 0 Å². The quantitative estimate of drug-likeness (QED) is 0.540. The van der Waals surface area contributed by atoms with Crippen LogP contribution in [0.2, 0.25) is 0 Å². The molecule has 1 aliphatic heterocycles. The molecule has 2 N–H and O–H groups in total. The first-order chi connectivity index (χ1) is 6.00. The van der Waals surface area contributed by atoms with Gasteiger partial charge >= 0.3 is 5.97 Å². The van der Waals surface area contributed by atoms with Gasteiger partial charge in [-0.15, -0.1) is 0 Å². The third-order valence-corrected chi connectivity index (χ3v) is 1.93. The lowest BCUT2D eigenvalue weighted by Crippen LogP contribution is -2.49. The Balaban J connectivity index is 2.55. The zero-order chi connectivity index (χ0) is 10.0. The second-order valence-electron chi connectivity index (χ2n) is 3.21. The van der Waals surface area contributed by atoms with Gasteiger partial charge < -0.3 is 19.7 Å². The van der Waals surface area contributed by atoms with Gasteiger partial charge in [0.05, 0.1) is 6.10 Å². The Morgan fingerprint density at radius 2 is 2.15 bits per heavy atom. The van der Waals surface area contributed by atoms with Crippen LogP contribution in [0.5, 0.6) is 0 Å². The third-order valence-electron chi connectivity index (χ3n) is 1.93. The van der Waals surface area contributed by atoms with Gasteiger partial charge in [0, 0.05) is 13.3 Å². The molecule has 1 aliphatic rings. The Bertz CT molecular complexity index is 193. The summed E-state index contributed by atoms with van der Waals surface area (Å²) in [6.07, 6.45) is -2.91. The summed E-state index contributed by atoms with van der Waals surface area (Å²) in [6.45, 7) is 3.00. The van der Waals surface area contributed by atoms with Gasteiger partial charge in [-0.1, -0.05) is 0 Å². The second kappa shape index (κ2) is 4.04. The van der Waals surface area contributed by atoms with Gasteiger partial charge in [0.2, 0.25) is 0 Å². The van der Waals surface area contributed by atoms with E-state index in [1.54, 1.807) is 6.92 Å². The number of esters is 1. The van der Waals surface area contributed by atoms with E-state index in [-0.39, 0.29) is 6.10 Å². The summed E-state index contributed by atoms with van der Waals surface area (Å²) in [7, 11) is 0. The topological polar surface area (TPSA) is 76.0 Å². The fourth-order valence-corrected chi connectivity index (χ4v) is 1.36. The number of ether oxygens (including phenoxy) is 2. The first-order valence-corrected chi connectivity index (χ1v) is 4.19. The molecule has 0 aromatic rings. The van der Waals surface area contributed by atoms with Crippen LogP contribution in [-0.2, 0) is 14.3 Å². The molecule has 0 aliphatic carbocycles. The first-order valence-electron chi connectivity index (χ1n) is 4.19. The van der Waals surface area contributed by atoms with E-state index in [9.17, 15) is 9.90 Å². The average molecular weight is 190 g/mol. The van der Waals surface area contributed by atoms with Crippen molar-refractivity contribution in [3.8, 4) is 0 Å². The normalized spacial score (nSPS) is 40.0. The third kappa shape index (κ3) is 2.65. The van der Waals surface area contributed by atoms with Crippen molar-refractivity contribution in [3.63, 3.8) is 0 Å². The minimum absolute atomic E-state index is 0.220. The molecule has 1 rings (SSSR count). The van der Waals surface area contributed by atoms with Gasteiger partial charge in [0.15, 0.2) is 6.29 Å². The lowest BCUT2D eigenvalue weighted by molar-refractivity contribution is -0.248. The highest BCUT2D eigenvalue weighted by atomic mass is 16.6. The van der Waals surface area contributed by atoms with Gasteiger partial charge in [-0.3, -0.25) is 4.79 Å². The zero-order valence-corrected chi connectivity index (χ0v) is 7.64. The minimum Gasteiger partial charge on any atom is -0.459 e. The maximum absolute atomic E-state index is 10.6.